The molecule has 96 valence electrons. The van der Waals surface area contributed by atoms with Crippen molar-refractivity contribution in [2.75, 3.05) is 0 Å². The van der Waals surface area contributed by atoms with E-state index in [1.165, 1.54) is 12.8 Å². The van der Waals surface area contributed by atoms with Crippen LogP contribution < -0.4 is 11.1 Å². The summed E-state index contributed by atoms with van der Waals surface area (Å²) >= 11 is 5.06. The molecule has 2 saturated carbocycles. The summed E-state index contributed by atoms with van der Waals surface area (Å²) in [5, 5.41) is 3.16. The largest absolute Gasteiger partial charge is 0.392 e. The maximum Gasteiger partial charge on any atom is 0.233 e. The normalized spacial score (nSPS) is 23.6. The average Bonchev–Trinajstić information content (AvgIpc) is 2.98. The van der Waals surface area contributed by atoms with Crippen LogP contribution in [-0.4, -0.2) is 16.9 Å². The van der Waals surface area contributed by atoms with Crippen LogP contribution in [0.4, 0.5) is 0 Å². The molecule has 1 atom stereocenters. The topological polar surface area (TPSA) is 55.1 Å². The summed E-state index contributed by atoms with van der Waals surface area (Å²) < 4.78 is 0. The van der Waals surface area contributed by atoms with E-state index in [4.69, 9.17) is 18.0 Å². The summed E-state index contributed by atoms with van der Waals surface area (Å²) in [6, 6.07) is 0.307. The van der Waals surface area contributed by atoms with E-state index in [0.717, 1.165) is 38.0 Å². The third kappa shape index (κ3) is 2.62. The molecule has 0 spiro atoms. The molecule has 3 nitrogen and oxygen atoms in total. The standard InChI is InChI=1S/C13H22N2OS/c1-2-10(8-9-4-5-9)15-12(16)13(11(14)17)6-3-7-13/h9-10H,2-8H2,1H3,(H2,14,17)(H,15,16). The van der Waals surface area contributed by atoms with Crippen molar-refractivity contribution in [3.05, 3.63) is 0 Å². The van der Waals surface area contributed by atoms with E-state index in [0.29, 0.717) is 11.0 Å². The SMILES string of the molecule is CCC(CC1CC1)NC(=O)C1(C(N)=S)CCC1. The highest BCUT2D eigenvalue weighted by atomic mass is 32.1. The highest BCUT2D eigenvalue weighted by molar-refractivity contribution is 7.80. The maximum absolute atomic E-state index is 12.3. The molecule has 0 aromatic carbocycles. The van der Waals surface area contributed by atoms with Crippen molar-refractivity contribution >= 4 is 23.1 Å². The molecule has 0 heterocycles. The Balaban J connectivity index is 1.91. The van der Waals surface area contributed by atoms with E-state index < -0.39 is 5.41 Å². The van der Waals surface area contributed by atoms with Gasteiger partial charge in [0, 0.05) is 6.04 Å². The number of rotatable bonds is 6. The molecule has 17 heavy (non-hydrogen) atoms. The second-order valence-corrected chi connectivity index (χ2v) is 6.00. The zero-order valence-electron chi connectivity index (χ0n) is 10.5. The van der Waals surface area contributed by atoms with Gasteiger partial charge < -0.3 is 11.1 Å². The number of amides is 1. The minimum absolute atomic E-state index is 0.0729. The lowest BCUT2D eigenvalue weighted by Gasteiger charge is -2.40. The lowest BCUT2D eigenvalue weighted by molar-refractivity contribution is -0.131. The molecular formula is C13H22N2OS. The Morgan fingerprint density at radius 2 is 2.18 bits per heavy atom. The predicted octanol–water partition coefficient (Wildman–Crippen LogP) is 2.14. The fourth-order valence-corrected chi connectivity index (χ4v) is 2.82. The Morgan fingerprint density at radius 1 is 1.53 bits per heavy atom. The van der Waals surface area contributed by atoms with Gasteiger partial charge in [0.15, 0.2) is 0 Å². The Morgan fingerprint density at radius 3 is 2.53 bits per heavy atom. The molecule has 1 amide bonds. The number of carbonyl (C=O) groups is 1. The third-order valence-corrected chi connectivity index (χ3v) is 4.65. The van der Waals surface area contributed by atoms with E-state index >= 15 is 0 Å². The van der Waals surface area contributed by atoms with Gasteiger partial charge in [0.05, 0.1) is 10.4 Å². The lowest BCUT2D eigenvalue weighted by atomic mass is 9.68. The van der Waals surface area contributed by atoms with Gasteiger partial charge in [0.1, 0.15) is 0 Å². The molecule has 0 aromatic rings. The van der Waals surface area contributed by atoms with Crippen molar-refractivity contribution in [3.63, 3.8) is 0 Å². The van der Waals surface area contributed by atoms with E-state index in [2.05, 4.69) is 12.2 Å². The van der Waals surface area contributed by atoms with Crippen LogP contribution in [0.5, 0.6) is 0 Å². The monoisotopic (exact) mass is 254 g/mol. The molecule has 1 unspecified atom stereocenters. The molecular weight excluding hydrogens is 232 g/mol. The van der Waals surface area contributed by atoms with E-state index in [9.17, 15) is 4.79 Å². The Hall–Kier alpha value is -0.640. The van der Waals surface area contributed by atoms with Gasteiger partial charge >= 0.3 is 0 Å². The van der Waals surface area contributed by atoms with Crippen molar-refractivity contribution in [2.45, 2.75) is 57.9 Å². The molecule has 0 saturated heterocycles. The molecule has 4 heteroatoms. The minimum Gasteiger partial charge on any atom is -0.392 e. The predicted molar refractivity (Wildman–Crippen MR) is 72.6 cm³/mol. The molecule has 0 aliphatic heterocycles. The van der Waals surface area contributed by atoms with Crippen LogP contribution in [0.15, 0.2) is 0 Å². The van der Waals surface area contributed by atoms with Gasteiger partial charge in [-0.3, -0.25) is 4.79 Å². The van der Waals surface area contributed by atoms with Gasteiger partial charge in [0.25, 0.3) is 0 Å². The van der Waals surface area contributed by atoms with Gasteiger partial charge in [-0.25, -0.2) is 0 Å². The van der Waals surface area contributed by atoms with Crippen LogP contribution in [0, 0.1) is 11.3 Å². The highest BCUT2D eigenvalue weighted by Gasteiger charge is 2.47. The molecule has 2 fully saturated rings. The van der Waals surface area contributed by atoms with Gasteiger partial charge in [-0.2, -0.15) is 0 Å². The van der Waals surface area contributed by atoms with Crippen molar-refractivity contribution in [3.8, 4) is 0 Å². The van der Waals surface area contributed by atoms with Gasteiger partial charge in [0.2, 0.25) is 5.91 Å². The first-order valence-electron chi connectivity index (χ1n) is 6.69. The van der Waals surface area contributed by atoms with E-state index in [1.807, 2.05) is 0 Å². The highest BCUT2D eigenvalue weighted by Crippen LogP contribution is 2.42. The van der Waals surface area contributed by atoms with Crippen LogP contribution in [0.25, 0.3) is 0 Å². The molecule has 2 aliphatic rings. The Labute approximate surface area is 109 Å². The zero-order valence-corrected chi connectivity index (χ0v) is 11.3. The Kier molecular flexibility index (Phi) is 3.71. The summed E-state index contributed by atoms with van der Waals surface area (Å²) in [4.78, 5) is 12.7. The number of hydrogen-bond donors (Lipinski definition) is 2. The van der Waals surface area contributed by atoms with E-state index in [1.54, 1.807) is 0 Å². The zero-order chi connectivity index (χ0) is 12.5. The summed E-state index contributed by atoms with van der Waals surface area (Å²) in [5.74, 6) is 0.908. The molecule has 2 rings (SSSR count). The van der Waals surface area contributed by atoms with Crippen LogP contribution >= 0.6 is 12.2 Å². The van der Waals surface area contributed by atoms with Crippen molar-refractivity contribution in [1.29, 1.82) is 0 Å². The minimum atomic E-state index is -0.522. The first-order valence-corrected chi connectivity index (χ1v) is 7.10. The van der Waals surface area contributed by atoms with E-state index in [-0.39, 0.29) is 5.91 Å². The molecule has 2 aliphatic carbocycles. The van der Waals surface area contributed by atoms with Crippen LogP contribution in [0.3, 0.4) is 0 Å². The molecule has 0 aromatic heterocycles. The molecule has 0 radical (unpaired) electrons. The van der Waals surface area contributed by atoms with Crippen molar-refractivity contribution in [2.24, 2.45) is 17.1 Å². The first kappa shape index (κ1) is 12.8. The Bertz CT molecular complexity index is 321. The number of nitrogens with one attached hydrogen (secondary N) is 1. The van der Waals surface area contributed by atoms with Gasteiger partial charge in [-0.1, -0.05) is 38.4 Å². The molecule has 3 N–H and O–H groups in total. The average molecular weight is 254 g/mol. The third-order valence-electron chi connectivity index (χ3n) is 4.26. The van der Waals surface area contributed by atoms with Crippen LogP contribution in [0.2, 0.25) is 0 Å². The fourth-order valence-electron chi connectivity index (χ4n) is 2.52. The number of thiocarbonyl (C=S) groups is 1. The number of carbonyl (C=O) groups excluding carboxylic acids is 1. The van der Waals surface area contributed by atoms with Crippen LogP contribution in [0.1, 0.15) is 51.9 Å². The summed E-state index contributed by atoms with van der Waals surface area (Å²) in [5.41, 5.74) is 5.21. The summed E-state index contributed by atoms with van der Waals surface area (Å²) in [7, 11) is 0. The smallest absolute Gasteiger partial charge is 0.233 e. The quantitative estimate of drug-likeness (QED) is 0.714. The summed E-state index contributed by atoms with van der Waals surface area (Å²) in [6.07, 6.45) is 7.48. The molecule has 0 bridgehead atoms. The summed E-state index contributed by atoms with van der Waals surface area (Å²) in [6.45, 7) is 2.13. The first-order chi connectivity index (χ1) is 8.08. The number of hydrogen-bond acceptors (Lipinski definition) is 2. The maximum atomic E-state index is 12.3. The lowest BCUT2D eigenvalue weighted by Crippen LogP contribution is -2.55. The fraction of sp³-hybridized carbons (Fsp3) is 0.846. The van der Waals surface area contributed by atoms with Gasteiger partial charge in [-0.05, 0) is 31.6 Å². The number of nitrogens with two attached hydrogens (primary N) is 1. The van der Waals surface area contributed by atoms with Gasteiger partial charge in [-0.15, -0.1) is 0 Å². The van der Waals surface area contributed by atoms with Crippen LogP contribution in [-0.2, 0) is 4.79 Å². The second-order valence-electron chi connectivity index (χ2n) is 5.56. The van der Waals surface area contributed by atoms with Crippen molar-refractivity contribution in [1.82, 2.24) is 5.32 Å². The second kappa shape index (κ2) is 4.92. The van der Waals surface area contributed by atoms with Crippen molar-refractivity contribution < 1.29 is 4.79 Å².